The Morgan fingerprint density at radius 3 is 2.75 bits per heavy atom. The lowest BCUT2D eigenvalue weighted by atomic mass is 10.1. The van der Waals surface area contributed by atoms with E-state index < -0.39 is 0 Å². The minimum absolute atomic E-state index is 0.0933. The number of amides is 1. The van der Waals surface area contributed by atoms with Crippen molar-refractivity contribution in [3.05, 3.63) is 5.89 Å². The van der Waals surface area contributed by atoms with Gasteiger partial charge < -0.3 is 25.1 Å². The van der Waals surface area contributed by atoms with Gasteiger partial charge >= 0.3 is 6.01 Å². The molecule has 1 heterocycles. The first-order chi connectivity index (χ1) is 9.40. The van der Waals surface area contributed by atoms with Gasteiger partial charge in [-0.15, -0.1) is 5.10 Å². The van der Waals surface area contributed by atoms with E-state index in [-0.39, 0.29) is 24.0 Å². The highest BCUT2D eigenvalue weighted by Crippen LogP contribution is 2.04. The zero-order chi connectivity index (χ0) is 15.0. The number of rotatable bonds is 8. The third-order valence-corrected chi connectivity index (χ3v) is 2.14. The summed E-state index contributed by atoms with van der Waals surface area (Å²) in [5, 5.41) is 16.4. The monoisotopic (exact) mass is 285 g/mol. The number of hydrogen-bond donors (Lipinski definition) is 3. The molecule has 0 aliphatic rings. The Labute approximate surface area is 118 Å². The van der Waals surface area contributed by atoms with Gasteiger partial charge in [-0.25, -0.2) is 0 Å². The minimum Gasteiger partial charge on any atom is -0.407 e. The van der Waals surface area contributed by atoms with Crippen LogP contribution < -0.4 is 16.0 Å². The quantitative estimate of drug-likeness (QED) is 0.584. The van der Waals surface area contributed by atoms with Crippen LogP contribution in [0.5, 0.6) is 0 Å². The van der Waals surface area contributed by atoms with Gasteiger partial charge in [0.2, 0.25) is 11.8 Å². The number of carbonyl (C=O) groups is 1. The van der Waals surface area contributed by atoms with Gasteiger partial charge in [-0.05, 0) is 20.8 Å². The van der Waals surface area contributed by atoms with Crippen LogP contribution >= 0.6 is 0 Å². The minimum atomic E-state index is -0.260. The molecule has 0 saturated carbocycles. The maximum atomic E-state index is 11.6. The van der Waals surface area contributed by atoms with Crippen LogP contribution in [0.1, 0.15) is 26.7 Å². The molecule has 1 rings (SSSR count). The second-order valence-electron chi connectivity index (χ2n) is 5.32. The molecule has 1 amide bonds. The first kappa shape index (κ1) is 16.4. The van der Waals surface area contributed by atoms with Gasteiger partial charge in [0, 0.05) is 19.2 Å². The predicted octanol–water partition coefficient (Wildman–Crippen LogP) is 0.132. The predicted molar refractivity (Wildman–Crippen MR) is 74.3 cm³/mol. The topological polar surface area (TPSA) is 101 Å². The highest BCUT2D eigenvalue weighted by atomic mass is 16.5. The molecule has 0 radical (unpaired) electrons. The average molecular weight is 285 g/mol. The molecule has 0 spiro atoms. The normalized spacial score (nSPS) is 11.4. The smallest absolute Gasteiger partial charge is 0.315 e. The third kappa shape index (κ3) is 7.05. The maximum Gasteiger partial charge on any atom is 0.315 e. The molecule has 3 N–H and O–H groups in total. The average Bonchev–Trinajstić information content (AvgIpc) is 2.78. The number of carbonyl (C=O) groups excluding carboxylic acids is 1. The summed E-state index contributed by atoms with van der Waals surface area (Å²) in [6, 6.07) is 0.234. The van der Waals surface area contributed by atoms with E-state index in [1.165, 1.54) is 0 Å². The number of nitrogens with one attached hydrogen (secondary N) is 3. The number of hydrogen-bond acceptors (Lipinski definition) is 7. The lowest BCUT2D eigenvalue weighted by Gasteiger charge is -2.20. The van der Waals surface area contributed by atoms with Crippen LogP contribution in [-0.4, -0.2) is 48.4 Å². The van der Waals surface area contributed by atoms with Crippen molar-refractivity contribution in [1.82, 2.24) is 20.8 Å². The molecule has 8 heteroatoms. The summed E-state index contributed by atoms with van der Waals surface area (Å²) in [5.41, 5.74) is -0.260. The highest BCUT2D eigenvalue weighted by molar-refractivity contribution is 5.80. The van der Waals surface area contributed by atoms with E-state index in [2.05, 4.69) is 26.1 Å². The fraction of sp³-hybridized carbons (Fsp3) is 0.750. The molecule has 1 aromatic heterocycles. The van der Waals surface area contributed by atoms with E-state index in [0.717, 1.165) is 0 Å². The van der Waals surface area contributed by atoms with Crippen molar-refractivity contribution in [1.29, 1.82) is 0 Å². The summed E-state index contributed by atoms with van der Waals surface area (Å²) < 4.78 is 10.2. The highest BCUT2D eigenvalue weighted by Gasteiger charge is 2.14. The van der Waals surface area contributed by atoms with Crippen molar-refractivity contribution in [3.63, 3.8) is 0 Å². The van der Waals surface area contributed by atoms with Crippen molar-refractivity contribution in [3.8, 4) is 0 Å². The Kier molecular flexibility index (Phi) is 6.40. The van der Waals surface area contributed by atoms with Crippen LogP contribution in [0.3, 0.4) is 0 Å². The molecule has 114 valence electrons. The summed E-state index contributed by atoms with van der Waals surface area (Å²) >= 11 is 0. The third-order valence-electron chi connectivity index (χ3n) is 2.14. The molecule has 0 fully saturated rings. The van der Waals surface area contributed by atoms with Gasteiger partial charge in [-0.3, -0.25) is 4.79 Å². The molecule has 0 aliphatic carbocycles. The summed E-state index contributed by atoms with van der Waals surface area (Å²) in [6.07, 6.45) is 0. The zero-order valence-electron chi connectivity index (χ0n) is 12.4. The summed E-state index contributed by atoms with van der Waals surface area (Å²) in [4.78, 5) is 11.6. The van der Waals surface area contributed by atoms with Gasteiger partial charge in [0.1, 0.15) is 0 Å². The molecule has 1 aromatic rings. The van der Waals surface area contributed by atoms with Gasteiger partial charge in [-0.2, -0.15) is 0 Å². The molecule has 0 bridgehead atoms. The van der Waals surface area contributed by atoms with E-state index in [9.17, 15) is 4.79 Å². The molecule has 0 aliphatic heterocycles. The van der Waals surface area contributed by atoms with Crippen molar-refractivity contribution in [2.75, 3.05) is 32.1 Å². The molecule has 0 saturated heterocycles. The van der Waals surface area contributed by atoms with E-state index in [4.69, 9.17) is 9.15 Å². The number of anilines is 1. The molecule has 8 nitrogen and oxygen atoms in total. The molecule has 20 heavy (non-hydrogen) atoms. The summed E-state index contributed by atoms with van der Waals surface area (Å²) in [7, 11) is 1.64. The Morgan fingerprint density at radius 2 is 2.10 bits per heavy atom. The van der Waals surface area contributed by atoms with Gasteiger partial charge in [0.15, 0.2) is 0 Å². The number of ether oxygens (including phenoxy) is 1. The Balaban J connectivity index is 2.28. The van der Waals surface area contributed by atoms with E-state index in [0.29, 0.717) is 25.6 Å². The number of methoxy groups -OCH3 is 1. The molecule has 0 atom stereocenters. The van der Waals surface area contributed by atoms with Gasteiger partial charge in [-0.1, -0.05) is 5.10 Å². The second-order valence-corrected chi connectivity index (χ2v) is 5.32. The fourth-order valence-corrected chi connectivity index (χ4v) is 1.38. The van der Waals surface area contributed by atoms with Crippen LogP contribution in [0.25, 0.3) is 0 Å². The van der Waals surface area contributed by atoms with Crippen LogP contribution in [0.15, 0.2) is 4.42 Å². The van der Waals surface area contributed by atoms with E-state index >= 15 is 0 Å². The first-order valence-corrected chi connectivity index (χ1v) is 6.47. The van der Waals surface area contributed by atoms with Crippen LogP contribution in [-0.2, 0) is 16.1 Å². The van der Waals surface area contributed by atoms with E-state index in [1.54, 1.807) is 7.11 Å². The maximum absolute atomic E-state index is 11.6. The molecular weight excluding hydrogens is 262 g/mol. The lowest BCUT2D eigenvalue weighted by Crippen LogP contribution is -2.43. The van der Waals surface area contributed by atoms with Crippen molar-refractivity contribution in [2.45, 2.75) is 32.9 Å². The summed E-state index contributed by atoms with van der Waals surface area (Å²) in [5.74, 6) is 0.329. The largest absolute Gasteiger partial charge is 0.407 e. The van der Waals surface area contributed by atoms with Crippen molar-refractivity contribution in [2.24, 2.45) is 0 Å². The Morgan fingerprint density at radius 1 is 1.35 bits per heavy atom. The van der Waals surface area contributed by atoms with E-state index in [1.807, 2.05) is 20.8 Å². The van der Waals surface area contributed by atoms with Gasteiger partial charge in [0.05, 0.1) is 19.7 Å². The second kappa shape index (κ2) is 7.81. The first-order valence-electron chi connectivity index (χ1n) is 6.47. The molecule has 0 unspecified atom stereocenters. The van der Waals surface area contributed by atoms with Crippen LogP contribution in [0, 0.1) is 0 Å². The SMILES string of the molecule is COCCNCc1nnc(NCC(=O)NC(C)(C)C)o1. The Bertz CT molecular complexity index is 413. The zero-order valence-corrected chi connectivity index (χ0v) is 12.4. The Hall–Kier alpha value is -1.67. The molecular formula is C12H23N5O3. The lowest BCUT2D eigenvalue weighted by molar-refractivity contribution is -0.120. The molecule has 0 aromatic carbocycles. The van der Waals surface area contributed by atoms with Crippen molar-refractivity contribution < 1.29 is 13.9 Å². The number of nitrogens with zero attached hydrogens (tertiary/aromatic N) is 2. The summed E-state index contributed by atoms with van der Waals surface area (Å²) in [6.45, 7) is 7.63. The standard InChI is InChI=1S/C12H23N5O3/c1-12(2,3)15-9(18)7-14-11-17-16-10(20-11)8-13-5-6-19-4/h13H,5-8H2,1-4H3,(H,14,17)(H,15,18). The van der Waals surface area contributed by atoms with Crippen LogP contribution in [0.4, 0.5) is 6.01 Å². The van der Waals surface area contributed by atoms with Gasteiger partial charge in [0.25, 0.3) is 0 Å². The van der Waals surface area contributed by atoms with Crippen molar-refractivity contribution >= 4 is 11.9 Å². The fourth-order valence-electron chi connectivity index (χ4n) is 1.38. The number of aromatic nitrogens is 2. The van der Waals surface area contributed by atoms with Crippen LogP contribution in [0.2, 0.25) is 0 Å².